The van der Waals surface area contributed by atoms with Gasteiger partial charge in [-0.2, -0.15) is 0 Å². The molecule has 1 aromatic rings. The van der Waals surface area contributed by atoms with Gasteiger partial charge in [-0.1, -0.05) is 12.1 Å². The molecule has 0 saturated heterocycles. The number of hydrogen-bond acceptors (Lipinski definition) is 2. The lowest BCUT2D eigenvalue weighted by Crippen LogP contribution is -1.93. The minimum atomic E-state index is 0.639. The van der Waals surface area contributed by atoms with E-state index in [-0.39, 0.29) is 0 Å². The highest BCUT2D eigenvalue weighted by Gasteiger charge is 1.99. The second-order valence-corrected chi connectivity index (χ2v) is 2.02. The maximum Gasteiger partial charge on any atom is 0.161 e. The average molecular weight is 151 g/mol. The van der Waals surface area contributed by atoms with Crippen LogP contribution in [-0.2, 0) is 0 Å². The smallest absolute Gasteiger partial charge is 0.161 e. The van der Waals surface area contributed by atoms with Crippen molar-refractivity contribution < 1.29 is 9.47 Å². The van der Waals surface area contributed by atoms with Crippen molar-refractivity contribution in [3.8, 4) is 11.5 Å². The van der Waals surface area contributed by atoms with Gasteiger partial charge in [0.1, 0.15) is 7.11 Å². The van der Waals surface area contributed by atoms with Crippen LogP contribution in [0.1, 0.15) is 6.92 Å². The lowest BCUT2D eigenvalue weighted by Gasteiger charge is -2.06. The van der Waals surface area contributed by atoms with E-state index < -0.39 is 0 Å². The zero-order valence-electron chi connectivity index (χ0n) is 6.54. The van der Waals surface area contributed by atoms with Crippen LogP contribution in [0.5, 0.6) is 11.5 Å². The van der Waals surface area contributed by atoms with Crippen molar-refractivity contribution in [3.05, 3.63) is 31.4 Å². The van der Waals surface area contributed by atoms with Crippen molar-refractivity contribution in [1.82, 2.24) is 0 Å². The molecular formula is C9H11O2. The molecule has 1 rings (SSSR count). The number of hydrogen-bond donors (Lipinski definition) is 0. The Morgan fingerprint density at radius 3 is 2.45 bits per heavy atom. The zero-order valence-corrected chi connectivity index (χ0v) is 6.54. The Balaban J connectivity index is 2.83. The summed E-state index contributed by atoms with van der Waals surface area (Å²) in [5.41, 5.74) is 0. The summed E-state index contributed by atoms with van der Waals surface area (Å²) < 4.78 is 10.1. The van der Waals surface area contributed by atoms with Crippen LogP contribution in [0, 0.1) is 7.11 Å². The maximum atomic E-state index is 5.26. The van der Waals surface area contributed by atoms with Gasteiger partial charge in [0.05, 0.1) is 6.61 Å². The topological polar surface area (TPSA) is 18.5 Å². The van der Waals surface area contributed by atoms with Crippen LogP contribution < -0.4 is 9.47 Å². The third-order valence-electron chi connectivity index (χ3n) is 1.30. The fraction of sp³-hybridized carbons (Fsp3) is 0.222. The van der Waals surface area contributed by atoms with Crippen LogP contribution in [0.3, 0.4) is 0 Å². The van der Waals surface area contributed by atoms with Gasteiger partial charge >= 0.3 is 0 Å². The first-order valence-corrected chi connectivity index (χ1v) is 3.52. The molecule has 0 aliphatic heterocycles. The maximum absolute atomic E-state index is 5.26. The Labute approximate surface area is 66.8 Å². The molecule has 0 unspecified atom stereocenters. The molecule has 1 aromatic carbocycles. The highest BCUT2D eigenvalue weighted by atomic mass is 16.5. The van der Waals surface area contributed by atoms with E-state index in [9.17, 15) is 0 Å². The molecule has 2 nitrogen and oxygen atoms in total. The van der Waals surface area contributed by atoms with Crippen LogP contribution in [0.2, 0.25) is 0 Å². The molecule has 0 N–H and O–H groups in total. The monoisotopic (exact) mass is 151 g/mol. The first kappa shape index (κ1) is 7.92. The normalized spacial score (nSPS) is 9.27. The van der Waals surface area contributed by atoms with Gasteiger partial charge in [0.25, 0.3) is 0 Å². The highest BCUT2D eigenvalue weighted by Crippen LogP contribution is 2.25. The van der Waals surface area contributed by atoms with Gasteiger partial charge in [-0.05, 0) is 19.1 Å². The average Bonchev–Trinajstić information content (AvgIpc) is 2.06. The van der Waals surface area contributed by atoms with E-state index >= 15 is 0 Å². The molecular weight excluding hydrogens is 140 g/mol. The summed E-state index contributed by atoms with van der Waals surface area (Å²) in [4.78, 5) is 0. The summed E-state index contributed by atoms with van der Waals surface area (Å²) in [7, 11) is 3.32. The Morgan fingerprint density at radius 1 is 1.27 bits per heavy atom. The van der Waals surface area contributed by atoms with Crippen molar-refractivity contribution in [3.63, 3.8) is 0 Å². The van der Waals surface area contributed by atoms with Crippen LogP contribution in [0.25, 0.3) is 0 Å². The van der Waals surface area contributed by atoms with Crippen LogP contribution in [0.4, 0.5) is 0 Å². The minimum Gasteiger partial charge on any atom is -0.490 e. The van der Waals surface area contributed by atoms with Gasteiger partial charge in [-0.25, -0.2) is 0 Å². The van der Waals surface area contributed by atoms with Gasteiger partial charge in [-0.3, -0.25) is 0 Å². The van der Waals surface area contributed by atoms with Gasteiger partial charge < -0.3 is 9.47 Å². The standard InChI is InChI=1S/C9H11O2/c1-3-11-9-7-5-4-6-8(9)10-2/h4-7H,2-3H2,1H3. The molecule has 0 spiro atoms. The molecule has 59 valence electrons. The fourth-order valence-corrected chi connectivity index (χ4v) is 0.844. The number of rotatable bonds is 3. The Morgan fingerprint density at radius 2 is 1.91 bits per heavy atom. The lowest BCUT2D eigenvalue weighted by atomic mass is 10.3. The highest BCUT2D eigenvalue weighted by molar-refractivity contribution is 5.39. The second-order valence-electron chi connectivity index (χ2n) is 2.02. The van der Waals surface area contributed by atoms with Gasteiger partial charge in [0.15, 0.2) is 11.5 Å². The molecule has 2 heteroatoms. The van der Waals surface area contributed by atoms with E-state index in [0.29, 0.717) is 12.4 Å². The van der Waals surface area contributed by atoms with Crippen LogP contribution in [0.15, 0.2) is 24.3 Å². The molecule has 0 atom stereocenters. The third-order valence-corrected chi connectivity index (χ3v) is 1.30. The fourth-order valence-electron chi connectivity index (χ4n) is 0.844. The van der Waals surface area contributed by atoms with Crippen molar-refractivity contribution in [2.24, 2.45) is 0 Å². The SMILES string of the molecule is [CH2]Oc1ccccc1OCC. The molecule has 0 saturated carbocycles. The first-order valence-electron chi connectivity index (χ1n) is 3.52. The van der Waals surface area contributed by atoms with E-state index in [0.717, 1.165) is 5.75 Å². The Hall–Kier alpha value is -1.18. The number of benzene rings is 1. The molecule has 0 aromatic heterocycles. The minimum absolute atomic E-state index is 0.639. The van der Waals surface area contributed by atoms with Crippen molar-refractivity contribution in [2.75, 3.05) is 6.61 Å². The summed E-state index contributed by atoms with van der Waals surface area (Å²) >= 11 is 0. The predicted molar refractivity (Wildman–Crippen MR) is 43.6 cm³/mol. The van der Waals surface area contributed by atoms with Crippen LogP contribution in [-0.4, -0.2) is 6.61 Å². The van der Waals surface area contributed by atoms with E-state index in [4.69, 9.17) is 9.47 Å². The second kappa shape index (κ2) is 3.86. The summed E-state index contributed by atoms with van der Waals surface area (Å²) in [6.45, 7) is 2.57. The first-order chi connectivity index (χ1) is 5.38. The molecule has 0 aliphatic carbocycles. The molecule has 1 radical (unpaired) electrons. The summed E-state index contributed by atoms with van der Waals surface area (Å²) in [6, 6.07) is 7.44. The van der Waals surface area contributed by atoms with Gasteiger partial charge in [-0.15, -0.1) is 0 Å². The van der Waals surface area contributed by atoms with Crippen molar-refractivity contribution in [2.45, 2.75) is 6.92 Å². The number of para-hydroxylation sites is 2. The van der Waals surface area contributed by atoms with Gasteiger partial charge in [0, 0.05) is 0 Å². The van der Waals surface area contributed by atoms with E-state index in [2.05, 4.69) is 7.11 Å². The largest absolute Gasteiger partial charge is 0.490 e. The van der Waals surface area contributed by atoms with E-state index in [1.807, 2.05) is 31.2 Å². The summed E-state index contributed by atoms with van der Waals surface area (Å²) in [5.74, 6) is 1.42. The quantitative estimate of drug-likeness (QED) is 0.659. The van der Waals surface area contributed by atoms with Crippen molar-refractivity contribution in [1.29, 1.82) is 0 Å². The molecule has 11 heavy (non-hydrogen) atoms. The zero-order chi connectivity index (χ0) is 8.10. The summed E-state index contributed by atoms with van der Waals surface area (Å²) in [5, 5.41) is 0. The molecule has 0 fully saturated rings. The lowest BCUT2D eigenvalue weighted by molar-refractivity contribution is 0.320. The predicted octanol–water partition coefficient (Wildman–Crippen LogP) is 2.26. The number of ether oxygens (including phenoxy) is 2. The third kappa shape index (κ3) is 1.87. The van der Waals surface area contributed by atoms with Crippen molar-refractivity contribution >= 4 is 0 Å². The molecule has 0 bridgehead atoms. The van der Waals surface area contributed by atoms with E-state index in [1.54, 1.807) is 0 Å². The van der Waals surface area contributed by atoms with Crippen LogP contribution >= 0.6 is 0 Å². The molecule has 0 aliphatic rings. The Bertz CT molecular complexity index is 221. The molecule has 0 amide bonds. The Kier molecular flexibility index (Phi) is 2.78. The summed E-state index contributed by atoms with van der Waals surface area (Å²) in [6.07, 6.45) is 0. The molecule has 0 heterocycles. The van der Waals surface area contributed by atoms with E-state index in [1.165, 1.54) is 0 Å². The van der Waals surface area contributed by atoms with Gasteiger partial charge in [0.2, 0.25) is 0 Å².